The summed E-state index contributed by atoms with van der Waals surface area (Å²) in [6.45, 7) is 9.53. The van der Waals surface area contributed by atoms with E-state index >= 15 is 0 Å². The Morgan fingerprint density at radius 2 is 1.42 bits per heavy atom. The van der Waals surface area contributed by atoms with Crippen LogP contribution in [0.2, 0.25) is 0 Å². The van der Waals surface area contributed by atoms with Crippen molar-refractivity contribution in [1.29, 1.82) is 0 Å². The summed E-state index contributed by atoms with van der Waals surface area (Å²) in [7, 11) is 0. The maximum atomic E-state index is 5.95. The van der Waals surface area contributed by atoms with Gasteiger partial charge in [-0.05, 0) is 74.2 Å². The summed E-state index contributed by atoms with van der Waals surface area (Å²) in [5.74, 6) is 1.02. The van der Waals surface area contributed by atoms with Crippen LogP contribution < -0.4 is 4.74 Å². The Morgan fingerprint density at radius 3 is 2.08 bits per heavy atom. The van der Waals surface area contributed by atoms with Crippen molar-refractivity contribution in [2.75, 3.05) is 6.61 Å². The molecule has 0 unspecified atom stereocenters. The highest BCUT2D eigenvalue weighted by Crippen LogP contribution is 2.32. The summed E-state index contributed by atoms with van der Waals surface area (Å²) in [5, 5.41) is 0. The zero-order chi connectivity index (χ0) is 17.4. The highest BCUT2D eigenvalue weighted by Gasteiger charge is 2.04. The van der Waals surface area contributed by atoms with Crippen LogP contribution in [0.4, 0.5) is 0 Å². The Labute approximate surface area is 151 Å². The van der Waals surface area contributed by atoms with Crippen molar-refractivity contribution in [2.45, 2.75) is 69.6 Å². The highest BCUT2D eigenvalue weighted by atomic mass is 32.2. The van der Waals surface area contributed by atoms with Gasteiger partial charge in [-0.1, -0.05) is 50.4 Å². The molecule has 2 aromatic rings. The second kappa shape index (κ2) is 9.78. The summed E-state index contributed by atoms with van der Waals surface area (Å²) in [4.78, 5) is 2.56. The lowest BCUT2D eigenvalue weighted by atomic mass is 10.1. The van der Waals surface area contributed by atoms with E-state index in [0.29, 0.717) is 0 Å². The number of ether oxygens (including phenoxy) is 1. The van der Waals surface area contributed by atoms with Gasteiger partial charge in [-0.2, -0.15) is 0 Å². The first-order valence-electron chi connectivity index (χ1n) is 9.08. The van der Waals surface area contributed by atoms with E-state index in [1.807, 2.05) is 11.8 Å². The van der Waals surface area contributed by atoms with Gasteiger partial charge in [0.25, 0.3) is 0 Å². The van der Waals surface area contributed by atoms with Crippen LogP contribution in [0.1, 0.15) is 55.7 Å². The summed E-state index contributed by atoms with van der Waals surface area (Å²) >= 11 is 1.82. The minimum Gasteiger partial charge on any atom is -0.493 e. The average Bonchev–Trinajstić information content (AvgIpc) is 2.56. The van der Waals surface area contributed by atoms with Crippen molar-refractivity contribution in [2.24, 2.45) is 0 Å². The predicted octanol–water partition coefficient (Wildman–Crippen LogP) is 7.11. The molecule has 24 heavy (non-hydrogen) atoms. The normalized spacial score (nSPS) is 10.8. The molecule has 1 nitrogen and oxygen atoms in total. The molecule has 0 heterocycles. The molecule has 0 aliphatic heterocycles. The zero-order valence-corrected chi connectivity index (χ0v) is 16.3. The number of rotatable bonds is 9. The fourth-order valence-electron chi connectivity index (χ4n) is 2.65. The van der Waals surface area contributed by atoms with E-state index < -0.39 is 0 Å². The molecule has 2 heteroatoms. The molecule has 2 rings (SSSR count). The largest absolute Gasteiger partial charge is 0.493 e. The molecule has 2 aromatic carbocycles. The molecule has 0 spiro atoms. The Hall–Kier alpha value is -1.41. The third-order valence-electron chi connectivity index (χ3n) is 4.37. The Bertz CT molecular complexity index is 648. The second-order valence-electron chi connectivity index (χ2n) is 6.54. The summed E-state index contributed by atoms with van der Waals surface area (Å²) < 4.78 is 5.95. The molecule has 130 valence electrons. The van der Waals surface area contributed by atoms with Crippen molar-refractivity contribution in [3.05, 3.63) is 53.1 Å². The molecule has 0 fully saturated rings. The van der Waals surface area contributed by atoms with Crippen molar-refractivity contribution in [1.82, 2.24) is 0 Å². The van der Waals surface area contributed by atoms with Gasteiger partial charge in [-0.3, -0.25) is 0 Å². The number of hydrogen-bond acceptors (Lipinski definition) is 2. The van der Waals surface area contributed by atoms with E-state index in [9.17, 15) is 0 Å². The van der Waals surface area contributed by atoms with Gasteiger partial charge in [0.2, 0.25) is 0 Å². The predicted molar refractivity (Wildman–Crippen MR) is 105 cm³/mol. The third-order valence-corrected chi connectivity index (χ3v) is 5.35. The van der Waals surface area contributed by atoms with Crippen molar-refractivity contribution >= 4 is 11.8 Å². The van der Waals surface area contributed by atoms with Crippen molar-refractivity contribution in [3.63, 3.8) is 0 Å². The standard InChI is InChI=1S/C22H30OS/c1-5-6-7-8-9-14-23-22-13-12-21(16-19(22)4)24-20-11-10-17(2)18(3)15-20/h10-13,15-16H,5-9,14H2,1-4H3. The van der Waals surface area contributed by atoms with E-state index in [1.54, 1.807) is 0 Å². The number of aryl methyl sites for hydroxylation is 3. The summed E-state index contributed by atoms with van der Waals surface area (Å²) in [6.07, 6.45) is 6.37. The van der Waals surface area contributed by atoms with Crippen molar-refractivity contribution < 1.29 is 4.74 Å². The van der Waals surface area contributed by atoms with E-state index in [1.165, 1.54) is 52.2 Å². The Morgan fingerprint density at radius 1 is 0.750 bits per heavy atom. The molecule has 0 bridgehead atoms. The van der Waals surface area contributed by atoms with Gasteiger partial charge in [-0.15, -0.1) is 0 Å². The monoisotopic (exact) mass is 342 g/mol. The molecule has 0 aliphatic carbocycles. The molecule has 0 radical (unpaired) electrons. The molecular weight excluding hydrogens is 312 g/mol. The van der Waals surface area contributed by atoms with Crippen LogP contribution in [0.3, 0.4) is 0 Å². The lowest BCUT2D eigenvalue weighted by Gasteiger charge is -2.11. The first-order chi connectivity index (χ1) is 11.6. The van der Waals surface area contributed by atoms with E-state index in [-0.39, 0.29) is 0 Å². The first-order valence-corrected chi connectivity index (χ1v) is 9.90. The van der Waals surface area contributed by atoms with Crippen LogP contribution in [0.25, 0.3) is 0 Å². The Kier molecular flexibility index (Phi) is 7.71. The van der Waals surface area contributed by atoms with Crippen LogP contribution in [-0.2, 0) is 0 Å². The van der Waals surface area contributed by atoms with Gasteiger partial charge in [0, 0.05) is 9.79 Å². The van der Waals surface area contributed by atoms with E-state index in [2.05, 4.69) is 64.1 Å². The highest BCUT2D eigenvalue weighted by molar-refractivity contribution is 7.99. The minimum absolute atomic E-state index is 0.828. The molecule has 0 aromatic heterocycles. The van der Waals surface area contributed by atoms with Gasteiger partial charge >= 0.3 is 0 Å². The van der Waals surface area contributed by atoms with Crippen molar-refractivity contribution in [3.8, 4) is 5.75 Å². The molecule has 0 saturated carbocycles. The number of unbranched alkanes of at least 4 members (excludes halogenated alkanes) is 4. The minimum atomic E-state index is 0.828. The molecule has 0 atom stereocenters. The smallest absolute Gasteiger partial charge is 0.122 e. The molecule has 0 amide bonds. The third kappa shape index (κ3) is 5.90. The topological polar surface area (TPSA) is 9.23 Å². The van der Waals surface area contributed by atoms with Gasteiger partial charge in [0.1, 0.15) is 5.75 Å². The Balaban J connectivity index is 1.88. The fraction of sp³-hybridized carbons (Fsp3) is 0.455. The van der Waals surface area contributed by atoms with Gasteiger partial charge in [-0.25, -0.2) is 0 Å². The molecule has 0 N–H and O–H groups in total. The fourth-order valence-corrected chi connectivity index (χ4v) is 3.66. The van der Waals surface area contributed by atoms with Crippen LogP contribution in [0.15, 0.2) is 46.2 Å². The average molecular weight is 343 g/mol. The summed E-state index contributed by atoms with van der Waals surface area (Å²) in [6, 6.07) is 13.2. The number of benzene rings is 2. The second-order valence-corrected chi connectivity index (χ2v) is 7.69. The SMILES string of the molecule is CCCCCCCOc1ccc(Sc2ccc(C)c(C)c2)cc1C. The maximum Gasteiger partial charge on any atom is 0.122 e. The molecular formula is C22H30OS. The lowest BCUT2D eigenvalue weighted by Crippen LogP contribution is -1.99. The van der Waals surface area contributed by atoms with Crippen LogP contribution >= 0.6 is 11.8 Å². The summed E-state index contributed by atoms with van der Waals surface area (Å²) in [5.41, 5.74) is 3.91. The van der Waals surface area contributed by atoms with E-state index in [0.717, 1.165) is 18.8 Å². The maximum absolute atomic E-state index is 5.95. The van der Waals surface area contributed by atoms with Gasteiger partial charge < -0.3 is 4.74 Å². The van der Waals surface area contributed by atoms with E-state index in [4.69, 9.17) is 4.74 Å². The molecule has 0 saturated heterocycles. The number of hydrogen-bond donors (Lipinski definition) is 0. The van der Waals surface area contributed by atoms with Gasteiger partial charge in [0.15, 0.2) is 0 Å². The van der Waals surface area contributed by atoms with Crippen LogP contribution in [-0.4, -0.2) is 6.61 Å². The quantitative estimate of drug-likeness (QED) is 0.449. The van der Waals surface area contributed by atoms with Crippen LogP contribution in [0, 0.1) is 20.8 Å². The zero-order valence-electron chi connectivity index (χ0n) is 15.5. The van der Waals surface area contributed by atoms with Gasteiger partial charge in [0.05, 0.1) is 6.61 Å². The lowest BCUT2D eigenvalue weighted by molar-refractivity contribution is 0.302. The first kappa shape index (κ1) is 18.9. The molecule has 0 aliphatic rings. The van der Waals surface area contributed by atoms with Crippen LogP contribution in [0.5, 0.6) is 5.75 Å².